The molecule has 170 valence electrons. The summed E-state index contributed by atoms with van der Waals surface area (Å²) in [5.41, 5.74) is 3.17. The van der Waals surface area contributed by atoms with Crippen molar-refractivity contribution in [3.05, 3.63) is 52.5 Å². The molecular formula is C22H24BrN3O5S. The normalized spacial score (nSPS) is 16.6. The maximum Gasteiger partial charge on any atom is 0.255 e. The first-order valence-corrected chi connectivity index (χ1v) is 12.7. The molecule has 0 atom stereocenters. The average Bonchev–Trinajstić information content (AvgIpc) is 3.26. The molecule has 0 bridgehead atoms. The molecule has 0 saturated heterocycles. The van der Waals surface area contributed by atoms with Gasteiger partial charge in [0.05, 0.1) is 17.7 Å². The molecule has 1 amide bonds. The Labute approximate surface area is 195 Å². The number of carbonyl (C=O) groups excluding carboxylic acids is 1. The number of hydrazone groups is 1. The Morgan fingerprint density at radius 1 is 1.09 bits per heavy atom. The molecule has 10 heteroatoms. The molecule has 1 fully saturated rings. The molecule has 0 unspecified atom stereocenters. The summed E-state index contributed by atoms with van der Waals surface area (Å²) >= 11 is 3.33. The van der Waals surface area contributed by atoms with Gasteiger partial charge in [0.25, 0.3) is 5.91 Å². The molecule has 2 aromatic rings. The average molecular weight is 522 g/mol. The van der Waals surface area contributed by atoms with Crippen molar-refractivity contribution in [3.63, 3.8) is 0 Å². The lowest BCUT2D eigenvalue weighted by Gasteiger charge is -2.32. The summed E-state index contributed by atoms with van der Waals surface area (Å²) < 4.78 is 39.4. The SMILES string of the molecule is O=C(CN(C1CCCCC1)S(=O)(=O)c1ccc(Br)cc1)N/N=C/c1ccc2c(c1)OCO2. The quantitative estimate of drug-likeness (QED) is 0.443. The third-order valence-corrected chi connectivity index (χ3v) is 7.94. The van der Waals surface area contributed by atoms with E-state index >= 15 is 0 Å². The molecule has 4 rings (SSSR count). The minimum atomic E-state index is -3.83. The van der Waals surface area contributed by atoms with Gasteiger partial charge in [0.15, 0.2) is 11.5 Å². The first kappa shape index (κ1) is 22.8. The van der Waals surface area contributed by atoms with Crippen LogP contribution in [0.2, 0.25) is 0 Å². The van der Waals surface area contributed by atoms with E-state index in [4.69, 9.17) is 9.47 Å². The molecule has 32 heavy (non-hydrogen) atoms. The topological polar surface area (TPSA) is 97.3 Å². The van der Waals surface area contributed by atoms with Crippen molar-refractivity contribution in [2.75, 3.05) is 13.3 Å². The largest absolute Gasteiger partial charge is 0.454 e. The zero-order valence-corrected chi connectivity index (χ0v) is 19.8. The maximum absolute atomic E-state index is 13.3. The number of nitrogens with zero attached hydrogens (tertiary/aromatic N) is 2. The van der Waals surface area contributed by atoms with Gasteiger partial charge in [-0.3, -0.25) is 4.79 Å². The van der Waals surface area contributed by atoms with Crippen LogP contribution < -0.4 is 14.9 Å². The van der Waals surface area contributed by atoms with Gasteiger partial charge in [-0.15, -0.1) is 0 Å². The zero-order chi connectivity index (χ0) is 22.6. The standard InChI is InChI=1S/C22H24BrN3O5S/c23-17-7-9-19(10-8-17)32(28,29)26(18-4-2-1-3-5-18)14-22(27)25-24-13-16-6-11-20-21(12-16)31-15-30-20/h6-13,18H,1-5,14-15H2,(H,25,27)/b24-13+. The third kappa shape index (κ3) is 5.31. The number of fused-ring (bicyclic) bond motifs is 1. The summed E-state index contributed by atoms with van der Waals surface area (Å²) in [6.45, 7) is -0.113. The Hall–Kier alpha value is -2.43. The minimum absolute atomic E-state index is 0.169. The van der Waals surface area contributed by atoms with E-state index in [2.05, 4.69) is 26.5 Å². The molecular weight excluding hydrogens is 498 g/mol. The fourth-order valence-corrected chi connectivity index (χ4v) is 5.78. The second-order valence-corrected chi connectivity index (χ2v) is 10.5. The van der Waals surface area contributed by atoms with Gasteiger partial charge >= 0.3 is 0 Å². The van der Waals surface area contributed by atoms with Crippen LogP contribution in [-0.4, -0.2) is 44.2 Å². The molecule has 8 nitrogen and oxygen atoms in total. The Balaban J connectivity index is 1.46. The number of hydrogen-bond donors (Lipinski definition) is 1. The first-order valence-electron chi connectivity index (χ1n) is 10.4. The van der Waals surface area contributed by atoms with Crippen LogP contribution in [0.15, 0.2) is 56.9 Å². The molecule has 2 aliphatic rings. The molecule has 0 radical (unpaired) electrons. The van der Waals surface area contributed by atoms with E-state index < -0.39 is 15.9 Å². The second-order valence-electron chi connectivity index (χ2n) is 7.70. The van der Waals surface area contributed by atoms with Gasteiger partial charge in [0, 0.05) is 10.5 Å². The number of hydrogen-bond acceptors (Lipinski definition) is 6. The highest BCUT2D eigenvalue weighted by Gasteiger charge is 2.33. The van der Waals surface area contributed by atoms with Crippen LogP contribution >= 0.6 is 15.9 Å². The van der Waals surface area contributed by atoms with Crippen LogP contribution in [0.1, 0.15) is 37.7 Å². The van der Waals surface area contributed by atoms with Crippen LogP contribution in [0.25, 0.3) is 0 Å². The predicted molar refractivity (Wildman–Crippen MR) is 123 cm³/mol. The molecule has 1 aliphatic heterocycles. The number of benzene rings is 2. The Kier molecular flexibility index (Phi) is 7.12. The van der Waals surface area contributed by atoms with Crippen molar-refractivity contribution >= 4 is 38.1 Å². The number of ether oxygens (including phenoxy) is 2. The van der Waals surface area contributed by atoms with Crippen molar-refractivity contribution in [2.45, 2.75) is 43.0 Å². The highest BCUT2D eigenvalue weighted by atomic mass is 79.9. The van der Waals surface area contributed by atoms with Crippen LogP contribution in [-0.2, 0) is 14.8 Å². The number of halogens is 1. The van der Waals surface area contributed by atoms with Gasteiger partial charge in [-0.1, -0.05) is 35.2 Å². The monoisotopic (exact) mass is 521 g/mol. The van der Waals surface area contributed by atoms with E-state index in [1.807, 2.05) is 0 Å². The second kappa shape index (κ2) is 10.0. The molecule has 0 spiro atoms. The smallest absolute Gasteiger partial charge is 0.255 e. The van der Waals surface area contributed by atoms with Crippen molar-refractivity contribution in [2.24, 2.45) is 5.10 Å². The molecule has 1 saturated carbocycles. The van der Waals surface area contributed by atoms with Crippen LogP contribution in [0.4, 0.5) is 0 Å². The summed E-state index contributed by atoms with van der Waals surface area (Å²) in [6, 6.07) is 11.6. The number of sulfonamides is 1. The fraction of sp³-hybridized carbons (Fsp3) is 0.364. The van der Waals surface area contributed by atoms with Crippen molar-refractivity contribution < 1.29 is 22.7 Å². The summed E-state index contributed by atoms with van der Waals surface area (Å²) in [5, 5.41) is 3.98. The predicted octanol–water partition coefficient (Wildman–Crippen LogP) is 3.65. The highest BCUT2D eigenvalue weighted by molar-refractivity contribution is 9.10. The van der Waals surface area contributed by atoms with Gasteiger partial charge in [-0.2, -0.15) is 9.41 Å². The Morgan fingerprint density at radius 2 is 1.81 bits per heavy atom. The lowest BCUT2D eigenvalue weighted by molar-refractivity contribution is -0.121. The highest BCUT2D eigenvalue weighted by Crippen LogP contribution is 2.32. The molecule has 1 heterocycles. The first-order chi connectivity index (χ1) is 15.4. The van der Waals surface area contributed by atoms with E-state index in [1.54, 1.807) is 42.5 Å². The van der Waals surface area contributed by atoms with Crippen molar-refractivity contribution in [1.29, 1.82) is 0 Å². The van der Waals surface area contributed by atoms with Crippen LogP contribution in [0.3, 0.4) is 0 Å². The zero-order valence-electron chi connectivity index (χ0n) is 17.4. The van der Waals surface area contributed by atoms with E-state index in [1.165, 1.54) is 10.5 Å². The minimum Gasteiger partial charge on any atom is -0.454 e. The van der Waals surface area contributed by atoms with Gasteiger partial charge in [0.2, 0.25) is 16.8 Å². The number of carbonyl (C=O) groups is 1. The fourth-order valence-electron chi connectivity index (χ4n) is 3.87. The molecule has 1 N–H and O–H groups in total. The van der Waals surface area contributed by atoms with Crippen LogP contribution in [0.5, 0.6) is 11.5 Å². The maximum atomic E-state index is 13.3. The molecule has 1 aliphatic carbocycles. The van der Waals surface area contributed by atoms with Gasteiger partial charge < -0.3 is 9.47 Å². The summed E-state index contributed by atoms with van der Waals surface area (Å²) in [6.07, 6.45) is 5.93. The molecule has 2 aromatic carbocycles. The van der Waals surface area contributed by atoms with E-state index in [0.29, 0.717) is 11.5 Å². The van der Waals surface area contributed by atoms with Gasteiger partial charge in [-0.25, -0.2) is 13.8 Å². The van der Waals surface area contributed by atoms with Crippen molar-refractivity contribution in [1.82, 2.24) is 9.73 Å². The lowest BCUT2D eigenvalue weighted by Crippen LogP contribution is -2.46. The lowest BCUT2D eigenvalue weighted by atomic mass is 9.95. The number of rotatable bonds is 7. The Bertz CT molecular complexity index is 1100. The van der Waals surface area contributed by atoms with E-state index in [9.17, 15) is 13.2 Å². The Morgan fingerprint density at radius 3 is 2.56 bits per heavy atom. The van der Waals surface area contributed by atoms with E-state index in [0.717, 1.165) is 42.1 Å². The molecule has 0 aromatic heterocycles. The van der Waals surface area contributed by atoms with Gasteiger partial charge in [-0.05, 0) is 60.9 Å². The van der Waals surface area contributed by atoms with Crippen molar-refractivity contribution in [3.8, 4) is 11.5 Å². The number of nitrogens with one attached hydrogen (secondary N) is 1. The van der Waals surface area contributed by atoms with Gasteiger partial charge in [0.1, 0.15) is 0 Å². The number of amides is 1. The summed E-state index contributed by atoms with van der Waals surface area (Å²) in [4.78, 5) is 12.8. The van der Waals surface area contributed by atoms with E-state index in [-0.39, 0.29) is 24.3 Å². The van der Waals surface area contributed by atoms with Crippen LogP contribution in [0, 0.1) is 0 Å². The summed E-state index contributed by atoms with van der Waals surface area (Å²) in [5.74, 6) is 0.782. The summed E-state index contributed by atoms with van der Waals surface area (Å²) in [7, 11) is -3.83. The third-order valence-electron chi connectivity index (χ3n) is 5.50.